The third kappa shape index (κ3) is 4.45. The van der Waals surface area contributed by atoms with E-state index in [0.29, 0.717) is 11.3 Å². The molecule has 0 aromatic heterocycles. The van der Waals surface area contributed by atoms with Gasteiger partial charge >= 0.3 is 5.97 Å². The van der Waals surface area contributed by atoms with Gasteiger partial charge in [0, 0.05) is 0 Å². The average molecular weight is 397 g/mol. The molecule has 0 bridgehead atoms. The van der Waals surface area contributed by atoms with E-state index in [1.54, 1.807) is 0 Å². The van der Waals surface area contributed by atoms with Crippen LogP contribution in [0.15, 0.2) is 109 Å². The van der Waals surface area contributed by atoms with Crippen molar-refractivity contribution in [1.82, 2.24) is 0 Å². The molecule has 0 amide bonds. The van der Waals surface area contributed by atoms with Crippen molar-refractivity contribution in [2.24, 2.45) is 0 Å². The summed E-state index contributed by atoms with van der Waals surface area (Å²) in [6.45, 7) is 2.01. The number of aryl methyl sites for hydroxylation is 1. The van der Waals surface area contributed by atoms with E-state index in [2.05, 4.69) is 54.6 Å². The second-order valence-electron chi connectivity index (χ2n) is 6.86. The summed E-state index contributed by atoms with van der Waals surface area (Å²) >= 11 is 0. The molecule has 0 radical (unpaired) electrons. The van der Waals surface area contributed by atoms with E-state index in [-0.39, 0.29) is 5.97 Å². The molecule has 0 atom stereocenters. The van der Waals surface area contributed by atoms with Crippen LogP contribution in [-0.2, 0) is 0 Å². The van der Waals surface area contributed by atoms with Crippen molar-refractivity contribution in [2.45, 2.75) is 6.92 Å². The van der Waals surface area contributed by atoms with E-state index in [1.165, 1.54) is 10.6 Å². The monoisotopic (exact) mass is 397 g/mol. The van der Waals surface area contributed by atoms with Crippen LogP contribution in [0.5, 0.6) is 5.75 Å². The van der Waals surface area contributed by atoms with Crippen LogP contribution >= 0.6 is 7.92 Å². The first-order valence-electron chi connectivity index (χ1n) is 9.58. The first-order valence-corrected chi connectivity index (χ1v) is 11.1. The van der Waals surface area contributed by atoms with Crippen LogP contribution in [0.1, 0.15) is 15.9 Å². The summed E-state index contributed by atoms with van der Waals surface area (Å²) in [6, 6.07) is 36.2. The van der Waals surface area contributed by atoms with E-state index in [0.717, 1.165) is 10.9 Å². The molecule has 0 saturated heterocycles. The van der Waals surface area contributed by atoms with E-state index in [9.17, 15) is 4.79 Å². The topological polar surface area (TPSA) is 26.3 Å². The second-order valence-corrected chi connectivity index (χ2v) is 9.30. The molecule has 0 heterocycles. The molecule has 0 fully saturated rings. The van der Waals surface area contributed by atoms with Crippen LogP contribution in [-0.4, -0.2) is 5.97 Å². The Morgan fingerprint density at radius 2 is 1.17 bits per heavy atom. The molecular formula is C26H22O2P+. The summed E-state index contributed by atoms with van der Waals surface area (Å²) in [5.41, 5.74) is 1.75. The van der Waals surface area contributed by atoms with Crippen molar-refractivity contribution >= 4 is 29.8 Å². The number of benzene rings is 4. The lowest BCUT2D eigenvalue weighted by Gasteiger charge is -2.14. The zero-order valence-corrected chi connectivity index (χ0v) is 17.2. The first kappa shape index (κ1) is 19.1. The normalized spacial score (nSPS) is 10.7. The fourth-order valence-corrected chi connectivity index (χ4v) is 6.06. The highest BCUT2D eigenvalue weighted by Gasteiger charge is 2.30. The van der Waals surface area contributed by atoms with Crippen LogP contribution in [0.4, 0.5) is 0 Å². The van der Waals surface area contributed by atoms with Crippen molar-refractivity contribution < 1.29 is 9.53 Å². The lowest BCUT2D eigenvalue weighted by Crippen LogP contribution is -2.26. The summed E-state index contributed by atoms with van der Waals surface area (Å²) in [4.78, 5) is 13.1. The fraction of sp³-hybridized carbons (Fsp3) is 0.0385. The highest BCUT2D eigenvalue weighted by atomic mass is 31.1. The molecule has 2 nitrogen and oxygen atoms in total. The Hall–Kier alpha value is -3.22. The molecule has 0 aliphatic carbocycles. The van der Waals surface area contributed by atoms with E-state index >= 15 is 0 Å². The Labute approximate surface area is 172 Å². The molecule has 4 rings (SSSR count). The van der Waals surface area contributed by atoms with E-state index < -0.39 is 7.92 Å². The Morgan fingerprint density at radius 3 is 1.76 bits per heavy atom. The lowest BCUT2D eigenvalue weighted by molar-refractivity contribution is 0.0736. The maximum Gasteiger partial charge on any atom is 0.347 e. The highest BCUT2D eigenvalue weighted by Crippen LogP contribution is 2.34. The van der Waals surface area contributed by atoms with Gasteiger partial charge in [0.15, 0.2) is 0 Å². The minimum atomic E-state index is -1.35. The molecule has 0 aliphatic rings. The van der Waals surface area contributed by atoms with E-state index in [1.807, 2.05) is 61.5 Å². The molecule has 3 heteroatoms. The summed E-state index contributed by atoms with van der Waals surface area (Å²) < 4.78 is 5.70. The standard InChI is InChI=1S/C26H21O2P/c1-20-16-18-21(19-17-20)28-26(27)24-14-8-9-15-25(24)29(22-10-4-2-5-11-22)23-12-6-3-7-13-23/h2-19H,1H3/p+1. The van der Waals surface area contributed by atoms with Crippen molar-refractivity contribution in [2.75, 3.05) is 0 Å². The van der Waals surface area contributed by atoms with E-state index in [4.69, 9.17) is 4.74 Å². The number of carbonyl (C=O) groups is 1. The number of hydrogen-bond acceptors (Lipinski definition) is 2. The number of ether oxygens (including phenoxy) is 1. The van der Waals surface area contributed by atoms with Crippen molar-refractivity contribution in [3.8, 4) is 5.75 Å². The molecule has 0 saturated carbocycles. The van der Waals surface area contributed by atoms with Gasteiger partial charge in [-0.2, -0.15) is 0 Å². The molecule has 0 N–H and O–H groups in total. The van der Waals surface area contributed by atoms with Crippen molar-refractivity contribution in [3.05, 3.63) is 120 Å². The molecule has 29 heavy (non-hydrogen) atoms. The molecule has 4 aromatic rings. The van der Waals surface area contributed by atoms with Crippen LogP contribution in [0.25, 0.3) is 0 Å². The predicted octanol–water partition coefficient (Wildman–Crippen LogP) is 4.70. The minimum Gasteiger partial charge on any atom is -0.423 e. The van der Waals surface area contributed by atoms with Gasteiger partial charge in [-0.3, -0.25) is 0 Å². The maximum atomic E-state index is 13.1. The Bertz CT molecular complexity index is 1050. The zero-order chi connectivity index (χ0) is 20.1. The number of rotatable bonds is 5. The third-order valence-electron chi connectivity index (χ3n) is 4.77. The van der Waals surface area contributed by atoms with Crippen molar-refractivity contribution in [1.29, 1.82) is 0 Å². The Balaban J connectivity index is 1.76. The van der Waals surface area contributed by atoms with Gasteiger partial charge in [0.1, 0.15) is 27.2 Å². The van der Waals surface area contributed by atoms with Gasteiger partial charge in [0.2, 0.25) is 0 Å². The summed E-state index contributed by atoms with van der Waals surface area (Å²) in [5, 5.41) is 3.51. The van der Waals surface area contributed by atoms with Gasteiger partial charge in [-0.15, -0.1) is 0 Å². The van der Waals surface area contributed by atoms with Gasteiger partial charge in [-0.1, -0.05) is 66.2 Å². The average Bonchev–Trinajstić information content (AvgIpc) is 2.77. The summed E-state index contributed by atoms with van der Waals surface area (Å²) in [5.74, 6) is 0.238. The van der Waals surface area contributed by atoms with Gasteiger partial charge in [0.25, 0.3) is 0 Å². The molecule has 4 aromatic carbocycles. The number of carbonyl (C=O) groups excluding carboxylic acids is 1. The fourth-order valence-electron chi connectivity index (χ4n) is 3.33. The maximum absolute atomic E-state index is 13.1. The van der Waals surface area contributed by atoms with Gasteiger partial charge < -0.3 is 4.74 Å². The van der Waals surface area contributed by atoms with Crippen LogP contribution in [0, 0.1) is 6.92 Å². The van der Waals surface area contributed by atoms with Crippen LogP contribution < -0.4 is 20.7 Å². The highest BCUT2D eigenvalue weighted by molar-refractivity contribution is 7.80. The predicted molar refractivity (Wildman–Crippen MR) is 123 cm³/mol. The molecule has 142 valence electrons. The SMILES string of the molecule is Cc1ccc(OC(=O)c2ccccc2[PH+](c2ccccc2)c2ccccc2)cc1. The molecular weight excluding hydrogens is 375 g/mol. The summed E-state index contributed by atoms with van der Waals surface area (Å²) in [6.07, 6.45) is 0. The van der Waals surface area contributed by atoms with Gasteiger partial charge in [-0.25, -0.2) is 4.79 Å². The Kier molecular flexibility index (Phi) is 5.84. The van der Waals surface area contributed by atoms with Gasteiger partial charge in [-0.05, 0) is 55.5 Å². The van der Waals surface area contributed by atoms with Crippen LogP contribution in [0.3, 0.4) is 0 Å². The number of hydrogen-bond donors (Lipinski definition) is 0. The third-order valence-corrected chi connectivity index (χ3v) is 7.57. The lowest BCUT2D eigenvalue weighted by atomic mass is 10.2. The molecule has 0 unspecified atom stereocenters. The Morgan fingerprint density at radius 1 is 0.655 bits per heavy atom. The second kappa shape index (κ2) is 8.86. The van der Waals surface area contributed by atoms with Crippen molar-refractivity contribution in [3.63, 3.8) is 0 Å². The first-order chi connectivity index (χ1) is 14.2. The minimum absolute atomic E-state index is 0.321. The largest absolute Gasteiger partial charge is 0.423 e. The quantitative estimate of drug-likeness (QED) is 0.277. The van der Waals surface area contributed by atoms with Crippen LogP contribution in [0.2, 0.25) is 0 Å². The number of esters is 1. The smallest absolute Gasteiger partial charge is 0.347 e. The molecule has 0 aliphatic heterocycles. The summed E-state index contributed by atoms with van der Waals surface area (Å²) in [7, 11) is -1.35. The molecule has 0 spiro atoms. The van der Waals surface area contributed by atoms with Gasteiger partial charge in [0.05, 0.1) is 7.92 Å². The zero-order valence-electron chi connectivity index (χ0n) is 16.2.